The summed E-state index contributed by atoms with van der Waals surface area (Å²) in [6, 6.07) is 6.77. The number of hydrogen-bond donors (Lipinski definition) is 3. The van der Waals surface area contributed by atoms with Crippen LogP contribution >= 0.6 is 0 Å². The van der Waals surface area contributed by atoms with Gasteiger partial charge in [-0.2, -0.15) is 0 Å². The Morgan fingerprint density at radius 1 is 1.12 bits per heavy atom. The Balaban J connectivity index is 0.00000187. The Kier molecular flexibility index (Phi) is 15.4. The maximum atomic E-state index is 9.97. The maximum Gasteiger partial charge on any atom is 0.108 e. The molecule has 2 heterocycles. The summed E-state index contributed by atoms with van der Waals surface area (Å²) >= 11 is 0. The summed E-state index contributed by atoms with van der Waals surface area (Å²) in [5.74, 6) is 0.659. The molecule has 0 bridgehead atoms. The first-order chi connectivity index (χ1) is 19.8. The van der Waals surface area contributed by atoms with Crippen LogP contribution in [0.15, 0.2) is 70.7 Å². The highest BCUT2D eigenvalue weighted by atomic mass is 16.2. The number of allylic oxidation sites excluding steroid dienone is 3. The van der Waals surface area contributed by atoms with Crippen LogP contribution in [-0.2, 0) is 12.8 Å². The third-order valence-electron chi connectivity index (χ3n) is 8.10. The molecule has 0 spiro atoms. The molecule has 2 aliphatic heterocycles. The van der Waals surface area contributed by atoms with Crippen LogP contribution in [0.2, 0.25) is 0 Å². The molecular weight excluding hydrogens is 506 g/mol. The first-order valence-corrected chi connectivity index (χ1v) is 15.7. The fourth-order valence-corrected chi connectivity index (χ4v) is 5.19. The van der Waals surface area contributed by atoms with E-state index in [1.165, 1.54) is 29.4 Å². The number of aliphatic hydroxyl groups is 1. The van der Waals surface area contributed by atoms with Gasteiger partial charge in [0.1, 0.15) is 12.9 Å². The Hall–Kier alpha value is -2.99. The molecule has 228 valence electrons. The van der Waals surface area contributed by atoms with E-state index in [9.17, 15) is 5.11 Å². The Labute approximate surface area is 251 Å². The van der Waals surface area contributed by atoms with Crippen molar-refractivity contribution in [3.05, 3.63) is 76.9 Å². The van der Waals surface area contributed by atoms with Gasteiger partial charge in [0.25, 0.3) is 0 Å². The molecule has 1 fully saturated rings. The zero-order valence-electron chi connectivity index (χ0n) is 27.0. The summed E-state index contributed by atoms with van der Waals surface area (Å²) < 4.78 is 0. The van der Waals surface area contributed by atoms with Crippen molar-refractivity contribution in [1.29, 1.82) is 0 Å². The SMILES string of the molecule is C=C/C(=C(C)\C(=C\O)NCCC(C)CC)N1CCC(=C/C)/C(=N\CNc2ccc3c(c2)CCN(C)CC3)C1.CCC. The topological polar surface area (TPSA) is 63.1 Å². The predicted octanol–water partition coefficient (Wildman–Crippen LogP) is 7.48. The Morgan fingerprint density at radius 3 is 2.46 bits per heavy atom. The molecule has 0 aromatic heterocycles. The molecular formula is C35H57N5O. The highest BCUT2D eigenvalue weighted by molar-refractivity contribution is 6.02. The van der Waals surface area contributed by atoms with Gasteiger partial charge < -0.3 is 25.5 Å². The van der Waals surface area contributed by atoms with E-state index in [1.54, 1.807) is 0 Å². The molecule has 0 radical (unpaired) electrons. The number of piperidine rings is 1. The lowest BCUT2D eigenvalue weighted by molar-refractivity contribution is 0.352. The third-order valence-corrected chi connectivity index (χ3v) is 8.10. The summed E-state index contributed by atoms with van der Waals surface area (Å²) in [6.07, 6.45) is 11.9. The first-order valence-electron chi connectivity index (χ1n) is 15.7. The summed E-state index contributed by atoms with van der Waals surface area (Å²) in [4.78, 5) is 9.73. The van der Waals surface area contributed by atoms with Crippen LogP contribution in [-0.4, -0.2) is 67.1 Å². The molecule has 6 nitrogen and oxygen atoms in total. The molecule has 3 rings (SSSR count). The van der Waals surface area contributed by atoms with Gasteiger partial charge in [-0.05, 0) is 93.0 Å². The average Bonchev–Trinajstić information content (AvgIpc) is 3.17. The summed E-state index contributed by atoms with van der Waals surface area (Å²) in [7, 11) is 2.20. The van der Waals surface area contributed by atoms with Gasteiger partial charge in [0, 0.05) is 37.6 Å². The number of likely N-dealkylation sites (N-methyl/N-ethyl adjacent to an activating group) is 1. The van der Waals surface area contributed by atoms with Crippen LogP contribution in [0.3, 0.4) is 0 Å². The molecule has 3 N–H and O–H groups in total. The van der Waals surface area contributed by atoms with Crippen LogP contribution < -0.4 is 10.6 Å². The van der Waals surface area contributed by atoms with E-state index < -0.39 is 0 Å². The molecule has 0 aliphatic carbocycles. The van der Waals surface area contributed by atoms with Crippen molar-refractivity contribution < 1.29 is 5.11 Å². The molecule has 1 aromatic rings. The number of nitrogens with one attached hydrogen (secondary N) is 2. The fraction of sp³-hybridized carbons (Fsp3) is 0.571. The minimum absolute atomic E-state index is 0.546. The number of aliphatic hydroxyl groups excluding tert-OH is 1. The van der Waals surface area contributed by atoms with E-state index in [1.807, 2.05) is 6.08 Å². The molecule has 2 aliphatic rings. The number of benzene rings is 1. The van der Waals surface area contributed by atoms with Gasteiger partial charge in [0.2, 0.25) is 0 Å². The highest BCUT2D eigenvalue weighted by Gasteiger charge is 2.22. The van der Waals surface area contributed by atoms with Crippen molar-refractivity contribution in [3.8, 4) is 0 Å². The number of aliphatic imine (C=N–C) groups is 1. The van der Waals surface area contributed by atoms with Gasteiger partial charge in [-0.25, -0.2) is 0 Å². The van der Waals surface area contributed by atoms with Crippen LogP contribution in [0.5, 0.6) is 0 Å². The largest absolute Gasteiger partial charge is 0.513 e. The maximum absolute atomic E-state index is 9.97. The Morgan fingerprint density at radius 2 is 1.83 bits per heavy atom. The second kappa shape index (κ2) is 18.4. The molecule has 0 saturated carbocycles. The lowest BCUT2D eigenvalue weighted by Gasteiger charge is -2.34. The van der Waals surface area contributed by atoms with Crippen molar-refractivity contribution in [3.63, 3.8) is 0 Å². The third kappa shape index (κ3) is 10.7. The second-order valence-electron chi connectivity index (χ2n) is 11.4. The first kappa shape index (κ1) is 34.2. The van der Waals surface area contributed by atoms with Gasteiger partial charge in [-0.1, -0.05) is 59.3 Å². The van der Waals surface area contributed by atoms with E-state index in [2.05, 4.69) is 99.9 Å². The zero-order valence-corrected chi connectivity index (χ0v) is 27.0. The summed E-state index contributed by atoms with van der Waals surface area (Å²) in [6.45, 7) is 22.2. The van der Waals surface area contributed by atoms with Crippen molar-refractivity contribution in [2.75, 3.05) is 51.8 Å². The van der Waals surface area contributed by atoms with Crippen LogP contribution in [0.25, 0.3) is 0 Å². The number of hydrogen-bond acceptors (Lipinski definition) is 6. The number of likely N-dealkylation sites (tertiary alicyclic amines) is 1. The minimum atomic E-state index is 0.546. The quantitative estimate of drug-likeness (QED) is 0.192. The van der Waals surface area contributed by atoms with Crippen molar-refractivity contribution in [2.24, 2.45) is 10.9 Å². The molecule has 41 heavy (non-hydrogen) atoms. The fourth-order valence-electron chi connectivity index (χ4n) is 5.19. The molecule has 6 heteroatoms. The smallest absolute Gasteiger partial charge is 0.108 e. The standard InChI is InChI=1S/C32H49N5O.C3H8/c1-7-24(4)12-16-33-31(22-38)25(5)32(9-3)37-19-15-26(8-2)30(21-37)35-23-34-29-11-10-27-13-17-36(6)18-14-28(27)20-29;1-3-2/h8-11,20,22,24,33-34,38H,3,7,12-19,21,23H2,1-2,4-6H3;3H2,1-2H3/b26-8-,31-22-,32-25+,35-30-;. The van der Waals surface area contributed by atoms with Crippen LogP contribution in [0.1, 0.15) is 78.4 Å². The monoisotopic (exact) mass is 563 g/mol. The number of fused-ring (bicyclic) bond motifs is 1. The molecule has 1 unspecified atom stereocenters. The van der Waals surface area contributed by atoms with E-state index in [0.717, 1.165) is 93.2 Å². The van der Waals surface area contributed by atoms with E-state index in [4.69, 9.17) is 4.99 Å². The zero-order chi connectivity index (χ0) is 30.2. The van der Waals surface area contributed by atoms with Crippen molar-refractivity contribution >= 4 is 11.4 Å². The van der Waals surface area contributed by atoms with E-state index in [0.29, 0.717) is 12.6 Å². The van der Waals surface area contributed by atoms with Gasteiger partial charge in [0.15, 0.2) is 0 Å². The number of nitrogens with zero attached hydrogens (tertiary/aromatic N) is 3. The van der Waals surface area contributed by atoms with Crippen LogP contribution in [0.4, 0.5) is 5.69 Å². The highest BCUT2D eigenvalue weighted by Crippen LogP contribution is 2.24. The normalized spacial score (nSPS) is 19.5. The Bertz CT molecular complexity index is 1080. The lowest BCUT2D eigenvalue weighted by Crippen LogP contribution is -2.37. The number of anilines is 1. The van der Waals surface area contributed by atoms with Gasteiger partial charge in [-0.15, -0.1) is 0 Å². The van der Waals surface area contributed by atoms with Gasteiger partial charge >= 0.3 is 0 Å². The van der Waals surface area contributed by atoms with E-state index in [-0.39, 0.29) is 0 Å². The molecule has 0 amide bonds. The average molecular weight is 564 g/mol. The van der Waals surface area contributed by atoms with Gasteiger partial charge in [0.05, 0.1) is 18.0 Å². The summed E-state index contributed by atoms with van der Waals surface area (Å²) in [5.41, 5.74) is 9.26. The molecule has 1 atom stereocenters. The summed E-state index contributed by atoms with van der Waals surface area (Å²) in [5, 5.41) is 16.9. The minimum Gasteiger partial charge on any atom is -0.513 e. The lowest BCUT2D eigenvalue weighted by atomic mass is 9.99. The van der Waals surface area contributed by atoms with Crippen molar-refractivity contribution in [1.82, 2.24) is 15.1 Å². The van der Waals surface area contributed by atoms with Crippen molar-refractivity contribution in [2.45, 2.75) is 80.1 Å². The molecule has 1 aromatic carbocycles. The van der Waals surface area contributed by atoms with E-state index >= 15 is 0 Å². The van der Waals surface area contributed by atoms with Gasteiger partial charge in [-0.3, -0.25) is 4.99 Å². The second-order valence-corrected chi connectivity index (χ2v) is 11.4. The number of rotatable bonds is 11. The molecule has 1 saturated heterocycles. The van der Waals surface area contributed by atoms with Crippen LogP contribution in [0, 0.1) is 5.92 Å². The predicted molar refractivity (Wildman–Crippen MR) is 179 cm³/mol.